The van der Waals surface area contributed by atoms with Crippen LogP contribution in [0, 0.1) is 0 Å². The molecular weight excluding hydrogens is 390 g/mol. The van der Waals surface area contributed by atoms with Crippen LogP contribution in [0.2, 0.25) is 0 Å². The Morgan fingerprint density at radius 2 is 1.75 bits per heavy atom. The second-order valence-electron chi connectivity index (χ2n) is 5.95. The van der Waals surface area contributed by atoms with E-state index in [2.05, 4.69) is 10.1 Å². The summed E-state index contributed by atoms with van der Waals surface area (Å²) in [6.07, 6.45) is 1.43. The molecule has 0 saturated carbocycles. The number of benzene rings is 2. The molecule has 2 aromatic carbocycles. The zero-order valence-corrected chi connectivity index (χ0v) is 15.4. The predicted octanol–water partition coefficient (Wildman–Crippen LogP) is 4.47. The van der Waals surface area contributed by atoms with Crippen LogP contribution in [0.15, 0.2) is 71.7 Å². The van der Waals surface area contributed by atoms with Gasteiger partial charge in [-0.1, -0.05) is 30.3 Å². The van der Waals surface area contributed by atoms with E-state index in [1.54, 1.807) is 31.3 Å². The van der Waals surface area contributed by atoms with Crippen molar-refractivity contribution in [3.05, 3.63) is 82.8 Å². The number of hydrogen-bond donors (Lipinski definition) is 1. The minimum atomic E-state index is -3.81. The monoisotopic (exact) mass is 404 g/mol. The van der Waals surface area contributed by atoms with Crippen molar-refractivity contribution in [1.29, 1.82) is 0 Å². The molecule has 3 rings (SSSR count). The van der Waals surface area contributed by atoms with Gasteiger partial charge in [-0.2, -0.15) is 0 Å². The van der Waals surface area contributed by atoms with Crippen molar-refractivity contribution in [2.45, 2.75) is 5.57 Å². The summed E-state index contributed by atoms with van der Waals surface area (Å²) in [5, 5.41) is 2.64. The third kappa shape index (κ3) is 4.75. The topological polar surface area (TPSA) is 60.3 Å². The number of halogens is 3. The van der Waals surface area contributed by atoms with Crippen LogP contribution in [-0.2, 0) is 7.05 Å². The summed E-state index contributed by atoms with van der Waals surface area (Å²) >= 11 is 4.71. The zero-order valence-electron chi connectivity index (χ0n) is 14.7. The summed E-state index contributed by atoms with van der Waals surface area (Å²) in [6.45, 7) is 0. The van der Waals surface area contributed by atoms with Gasteiger partial charge in [0.1, 0.15) is 5.75 Å². The number of nitrogens with one attached hydrogen (secondary N) is 1. The molecule has 0 bridgehead atoms. The molecule has 0 radical (unpaired) electrons. The maximum absolute atomic E-state index is 12.6. The third-order valence-corrected chi connectivity index (χ3v) is 3.95. The van der Waals surface area contributed by atoms with Crippen LogP contribution < -0.4 is 15.6 Å². The summed E-state index contributed by atoms with van der Waals surface area (Å²) in [5.41, 5.74) is -2.32. The SMILES string of the molecule is Cn1cc(C(=O)Nc2ccc(OC(F)(F)Cl)cc2)cc(-c2ccccc2)c1=O. The highest BCUT2D eigenvalue weighted by atomic mass is 35.5. The normalized spacial score (nSPS) is 11.1. The van der Waals surface area contributed by atoms with Crippen molar-refractivity contribution in [3.8, 4) is 16.9 Å². The molecule has 1 heterocycles. The first-order valence-corrected chi connectivity index (χ1v) is 8.54. The van der Waals surface area contributed by atoms with E-state index in [9.17, 15) is 18.4 Å². The van der Waals surface area contributed by atoms with Gasteiger partial charge in [0.15, 0.2) is 0 Å². The van der Waals surface area contributed by atoms with Gasteiger partial charge >= 0.3 is 5.57 Å². The van der Waals surface area contributed by atoms with E-state index in [-0.39, 0.29) is 16.9 Å². The Kier molecular flexibility index (Phi) is 5.46. The van der Waals surface area contributed by atoms with Gasteiger partial charge < -0.3 is 14.6 Å². The van der Waals surface area contributed by atoms with Gasteiger partial charge in [-0.25, -0.2) is 0 Å². The lowest BCUT2D eigenvalue weighted by Gasteiger charge is -2.12. The smallest absolute Gasteiger partial charge is 0.420 e. The number of anilines is 1. The summed E-state index contributed by atoms with van der Waals surface area (Å²) in [5.74, 6) is -0.601. The Balaban J connectivity index is 1.83. The fourth-order valence-corrected chi connectivity index (χ4v) is 2.69. The zero-order chi connectivity index (χ0) is 20.3. The second-order valence-corrected chi connectivity index (χ2v) is 6.39. The van der Waals surface area contributed by atoms with Crippen LogP contribution in [-0.4, -0.2) is 16.0 Å². The maximum atomic E-state index is 12.6. The number of ether oxygens (including phenoxy) is 1. The van der Waals surface area contributed by atoms with Gasteiger partial charge in [0.2, 0.25) is 0 Å². The van der Waals surface area contributed by atoms with Crippen LogP contribution in [0.25, 0.3) is 11.1 Å². The van der Waals surface area contributed by atoms with E-state index in [0.717, 1.165) is 0 Å². The van der Waals surface area contributed by atoms with Crippen molar-refractivity contribution in [1.82, 2.24) is 4.57 Å². The van der Waals surface area contributed by atoms with Crippen LogP contribution in [0.3, 0.4) is 0 Å². The van der Waals surface area contributed by atoms with Gasteiger partial charge in [0, 0.05) is 36.1 Å². The Morgan fingerprint density at radius 3 is 2.36 bits per heavy atom. The van der Waals surface area contributed by atoms with Crippen molar-refractivity contribution in [2.75, 3.05) is 5.32 Å². The molecule has 5 nitrogen and oxygen atoms in total. The number of aromatic nitrogens is 1. The molecule has 0 unspecified atom stereocenters. The highest BCUT2D eigenvalue weighted by Gasteiger charge is 2.27. The molecule has 0 aliphatic rings. The molecule has 3 aromatic rings. The van der Waals surface area contributed by atoms with E-state index in [0.29, 0.717) is 16.8 Å². The largest absolute Gasteiger partial charge is 0.487 e. The molecule has 0 spiro atoms. The van der Waals surface area contributed by atoms with Gasteiger partial charge in [0.25, 0.3) is 11.5 Å². The number of carbonyl (C=O) groups excluding carboxylic acids is 1. The highest BCUT2D eigenvalue weighted by Crippen LogP contribution is 2.26. The number of aryl methyl sites for hydroxylation is 1. The van der Waals surface area contributed by atoms with Gasteiger partial charge in [0.05, 0.1) is 5.56 Å². The number of hydrogen-bond acceptors (Lipinski definition) is 3. The first-order valence-electron chi connectivity index (χ1n) is 8.16. The molecule has 0 saturated heterocycles. The first-order chi connectivity index (χ1) is 13.2. The molecule has 8 heteroatoms. The van der Waals surface area contributed by atoms with Gasteiger partial charge in [-0.05, 0) is 35.9 Å². The van der Waals surface area contributed by atoms with Crippen molar-refractivity contribution < 1.29 is 18.3 Å². The first kappa shape index (κ1) is 19.6. The van der Waals surface area contributed by atoms with E-state index in [1.807, 2.05) is 6.07 Å². The van der Waals surface area contributed by atoms with Gasteiger partial charge in [-0.15, -0.1) is 8.78 Å². The molecule has 28 heavy (non-hydrogen) atoms. The second kappa shape index (κ2) is 7.82. The van der Waals surface area contributed by atoms with Crippen LogP contribution in [0.4, 0.5) is 14.5 Å². The predicted molar refractivity (Wildman–Crippen MR) is 103 cm³/mol. The highest BCUT2D eigenvalue weighted by molar-refractivity contribution is 6.20. The number of amides is 1. The summed E-state index contributed by atoms with van der Waals surface area (Å²) < 4.78 is 30.8. The molecule has 144 valence electrons. The lowest BCUT2D eigenvalue weighted by atomic mass is 10.1. The number of rotatable bonds is 5. The lowest BCUT2D eigenvalue weighted by Crippen LogP contribution is -2.22. The number of nitrogens with zero attached hydrogens (tertiary/aromatic N) is 1. The van der Waals surface area contributed by atoms with Crippen LogP contribution in [0.1, 0.15) is 10.4 Å². The Hall–Kier alpha value is -3.19. The van der Waals surface area contributed by atoms with Crippen LogP contribution >= 0.6 is 11.6 Å². The van der Waals surface area contributed by atoms with Crippen molar-refractivity contribution >= 4 is 23.2 Å². The molecule has 0 fully saturated rings. The van der Waals surface area contributed by atoms with E-state index < -0.39 is 11.5 Å². The Bertz CT molecular complexity index is 1050. The molecule has 1 amide bonds. The number of pyridine rings is 1. The fourth-order valence-electron chi connectivity index (χ4n) is 2.60. The minimum absolute atomic E-state index is 0.147. The van der Waals surface area contributed by atoms with Crippen molar-refractivity contribution in [3.63, 3.8) is 0 Å². The molecule has 0 aliphatic heterocycles. The molecule has 0 aliphatic carbocycles. The fraction of sp³-hybridized carbons (Fsp3) is 0.100. The maximum Gasteiger partial charge on any atom is 0.487 e. The lowest BCUT2D eigenvalue weighted by molar-refractivity contribution is -0.0964. The van der Waals surface area contributed by atoms with E-state index in [1.165, 1.54) is 41.1 Å². The summed E-state index contributed by atoms with van der Waals surface area (Å²) in [4.78, 5) is 25.0. The standard InChI is InChI=1S/C20H15ClF2N2O3/c1-25-12-14(11-17(19(25)27)13-5-3-2-4-6-13)18(26)24-15-7-9-16(10-8-15)28-20(21,22)23/h2-12H,1H3,(H,24,26). The average Bonchev–Trinajstić information content (AvgIpc) is 2.65. The molecule has 0 atom stereocenters. The van der Waals surface area contributed by atoms with Gasteiger partial charge in [-0.3, -0.25) is 9.59 Å². The van der Waals surface area contributed by atoms with E-state index in [4.69, 9.17) is 11.6 Å². The number of alkyl halides is 3. The van der Waals surface area contributed by atoms with Crippen molar-refractivity contribution in [2.24, 2.45) is 7.05 Å². The minimum Gasteiger partial charge on any atom is -0.420 e. The average molecular weight is 405 g/mol. The molecule has 1 N–H and O–H groups in total. The Morgan fingerprint density at radius 1 is 1.11 bits per heavy atom. The molecular formula is C20H15ClF2N2O3. The quantitative estimate of drug-likeness (QED) is 0.638. The number of carbonyl (C=O) groups is 1. The van der Waals surface area contributed by atoms with Crippen LogP contribution in [0.5, 0.6) is 5.75 Å². The molecule has 1 aromatic heterocycles. The third-order valence-electron chi connectivity index (χ3n) is 3.88. The van der Waals surface area contributed by atoms with E-state index >= 15 is 0 Å². The summed E-state index contributed by atoms with van der Waals surface area (Å²) in [6, 6.07) is 15.8. The Labute approximate surface area is 164 Å². The summed E-state index contributed by atoms with van der Waals surface area (Å²) in [7, 11) is 1.56.